The summed E-state index contributed by atoms with van der Waals surface area (Å²) in [6, 6.07) is 13.3. The highest BCUT2D eigenvalue weighted by Gasteiger charge is 2.14. The zero-order valence-electron chi connectivity index (χ0n) is 15.2. The van der Waals surface area contributed by atoms with Crippen LogP contribution in [0.1, 0.15) is 0 Å². The molecule has 7 nitrogen and oxygen atoms in total. The van der Waals surface area contributed by atoms with E-state index in [-0.39, 0.29) is 17.9 Å². The lowest BCUT2D eigenvalue weighted by Gasteiger charge is -2.11. The molecule has 0 fully saturated rings. The number of nitrogens with one attached hydrogen (secondary N) is 2. The Bertz CT molecular complexity index is 1130. The SMILES string of the molecule is C=CCn1c(SCC(=O)NC(=O)Nc2ccc(Br)cc2)nc2ccccc2c1=O. The van der Waals surface area contributed by atoms with E-state index in [0.29, 0.717) is 21.7 Å². The van der Waals surface area contributed by atoms with E-state index in [2.05, 4.69) is 38.1 Å². The molecule has 3 rings (SSSR count). The van der Waals surface area contributed by atoms with Gasteiger partial charge < -0.3 is 5.32 Å². The Labute approximate surface area is 179 Å². The van der Waals surface area contributed by atoms with Crippen LogP contribution in [-0.4, -0.2) is 27.2 Å². The molecule has 0 spiro atoms. The monoisotopic (exact) mass is 472 g/mol. The van der Waals surface area contributed by atoms with Crippen molar-refractivity contribution in [1.29, 1.82) is 0 Å². The number of hydrogen-bond acceptors (Lipinski definition) is 5. The first-order chi connectivity index (χ1) is 14.0. The van der Waals surface area contributed by atoms with Crippen LogP contribution in [-0.2, 0) is 11.3 Å². The van der Waals surface area contributed by atoms with Crippen LogP contribution >= 0.6 is 27.7 Å². The predicted molar refractivity (Wildman–Crippen MR) is 118 cm³/mol. The van der Waals surface area contributed by atoms with Crippen molar-refractivity contribution in [2.45, 2.75) is 11.7 Å². The van der Waals surface area contributed by atoms with Crippen molar-refractivity contribution in [3.8, 4) is 0 Å². The first-order valence-corrected chi connectivity index (χ1v) is 10.4. The van der Waals surface area contributed by atoms with Crippen molar-refractivity contribution >= 4 is 56.2 Å². The number of thioether (sulfide) groups is 1. The third kappa shape index (κ3) is 5.33. The second kappa shape index (κ2) is 9.53. The van der Waals surface area contributed by atoms with E-state index in [4.69, 9.17) is 0 Å². The summed E-state index contributed by atoms with van der Waals surface area (Å²) in [6.07, 6.45) is 1.59. The number of imide groups is 1. The van der Waals surface area contributed by atoms with E-state index in [9.17, 15) is 14.4 Å². The Morgan fingerprint density at radius 3 is 2.62 bits per heavy atom. The smallest absolute Gasteiger partial charge is 0.308 e. The summed E-state index contributed by atoms with van der Waals surface area (Å²) in [5.74, 6) is -0.576. The Kier molecular flexibility index (Phi) is 6.84. The van der Waals surface area contributed by atoms with Crippen LogP contribution in [0.3, 0.4) is 0 Å². The average molecular weight is 473 g/mol. The van der Waals surface area contributed by atoms with Gasteiger partial charge in [0.25, 0.3) is 5.56 Å². The van der Waals surface area contributed by atoms with Gasteiger partial charge in [-0.2, -0.15) is 0 Å². The fourth-order valence-electron chi connectivity index (χ4n) is 2.54. The maximum atomic E-state index is 12.7. The Balaban J connectivity index is 1.67. The van der Waals surface area contributed by atoms with Gasteiger partial charge >= 0.3 is 6.03 Å². The third-order valence-corrected chi connectivity index (χ3v) is 5.33. The maximum Gasteiger partial charge on any atom is 0.325 e. The van der Waals surface area contributed by atoms with Gasteiger partial charge in [-0.3, -0.25) is 19.5 Å². The number of allylic oxidation sites excluding steroid dienone is 1. The topological polar surface area (TPSA) is 93.1 Å². The molecule has 0 aliphatic heterocycles. The molecule has 1 heterocycles. The second-order valence-corrected chi connectivity index (χ2v) is 7.77. The second-order valence-electron chi connectivity index (χ2n) is 5.91. The largest absolute Gasteiger partial charge is 0.325 e. The molecule has 0 radical (unpaired) electrons. The molecule has 1 aromatic heterocycles. The number of rotatable bonds is 6. The molecular formula is C20H17BrN4O3S. The van der Waals surface area contributed by atoms with Gasteiger partial charge in [-0.1, -0.05) is 45.9 Å². The molecule has 2 N–H and O–H groups in total. The van der Waals surface area contributed by atoms with E-state index >= 15 is 0 Å². The van der Waals surface area contributed by atoms with Crippen LogP contribution in [0.15, 0.2) is 75.6 Å². The van der Waals surface area contributed by atoms with Gasteiger partial charge in [0.15, 0.2) is 5.16 Å². The molecule has 0 atom stereocenters. The van der Waals surface area contributed by atoms with Gasteiger partial charge in [-0.05, 0) is 36.4 Å². The first kappa shape index (κ1) is 20.8. The van der Waals surface area contributed by atoms with Crippen LogP contribution in [0.2, 0.25) is 0 Å². The van der Waals surface area contributed by atoms with Crippen LogP contribution in [0, 0.1) is 0 Å². The minimum atomic E-state index is -0.632. The van der Waals surface area contributed by atoms with Crippen molar-refractivity contribution in [3.63, 3.8) is 0 Å². The molecule has 3 aromatic rings. The lowest BCUT2D eigenvalue weighted by atomic mass is 10.2. The molecule has 0 bridgehead atoms. The van der Waals surface area contributed by atoms with Gasteiger partial charge in [0, 0.05) is 16.7 Å². The van der Waals surface area contributed by atoms with Gasteiger partial charge in [-0.15, -0.1) is 6.58 Å². The molecule has 29 heavy (non-hydrogen) atoms. The Morgan fingerprint density at radius 1 is 1.17 bits per heavy atom. The molecule has 0 aliphatic carbocycles. The Hall–Kier alpha value is -2.91. The molecule has 0 unspecified atom stereocenters. The van der Waals surface area contributed by atoms with E-state index < -0.39 is 11.9 Å². The minimum Gasteiger partial charge on any atom is -0.308 e. The fraction of sp³-hybridized carbons (Fsp3) is 0.100. The van der Waals surface area contributed by atoms with Gasteiger partial charge in [0.2, 0.25) is 5.91 Å². The number of urea groups is 1. The highest BCUT2D eigenvalue weighted by molar-refractivity contribution is 9.10. The molecule has 0 saturated heterocycles. The van der Waals surface area contributed by atoms with Crippen LogP contribution in [0.25, 0.3) is 10.9 Å². The van der Waals surface area contributed by atoms with Crippen LogP contribution < -0.4 is 16.2 Å². The van der Waals surface area contributed by atoms with E-state index in [1.54, 1.807) is 54.6 Å². The van der Waals surface area contributed by atoms with E-state index in [1.165, 1.54) is 4.57 Å². The maximum absolute atomic E-state index is 12.7. The summed E-state index contributed by atoms with van der Waals surface area (Å²) in [6.45, 7) is 3.93. The highest BCUT2D eigenvalue weighted by Crippen LogP contribution is 2.18. The van der Waals surface area contributed by atoms with E-state index in [0.717, 1.165) is 16.2 Å². The number of anilines is 1. The standard InChI is InChI=1S/C20H17BrN4O3S/c1-2-11-25-18(27)15-5-3-4-6-16(15)23-20(25)29-12-17(26)24-19(28)22-14-9-7-13(21)8-10-14/h2-10H,1,11-12H2,(H2,22,24,26,28). The molecule has 9 heteroatoms. The number of amides is 3. The first-order valence-electron chi connectivity index (χ1n) is 8.57. The molecule has 148 valence electrons. The number of carbonyl (C=O) groups excluding carboxylic acids is 2. The average Bonchev–Trinajstić information content (AvgIpc) is 2.70. The molecule has 0 aliphatic rings. The number of benzene rings is 2. The van der Waals surface area contributed by atoms with Crippen molar-refractivity contribution in [1.82, 2.24) is 14.9 Å². The zero-order chi connectivity index (χ0) is 20.8. The number of nitrogens with zero attached hydrogens (tertiary/aromatic N) is 2. The van der Waals surface area contributed by atoms with E-state index in [1.807, 2.05) is 0 Å². The highest BCUT2D eigenvalue weighted by atomic mass is 79.9. The normalized spacial score (nSPS) is 10.5. The van der Waals surface area contributed by atoms with Crippen molar-refractivity contribution in [2.75, 3.05) is 11.1 Å². The summed E-state index contributed by atoms with van der Waals surface area (Å²) in [5, 5.41) is 5.72. The molecule has 3 amide bonds. The summed E-state index contributed by atoms with van der Waals surface area (Å²) >= 11 is 4.39. The van der Waals surface area contributed by atoms with Crippen molar-refractivity contribution < 1.29 is 9.59 Å². The quantitative estimate of drug-likeness (QED) is 0.323. The number of carbonyl (C=O) groups is 2. The van der Waals surface area contributed by atoms with Crippen LogP contribution in [0.5, 0.6) is 0 Å². The number of para-hydroxylation sites is 1. The number of hydrogen-bond donors (Lipinski definition) is 2. The van der Waals surface area contributed by atoms with Gasteiger partial charge in [0.1, 0.15) is 0 Å². The summed E-state index contributed by atoms with van der Waals surface area (Å²) in [5.41, 5.74) is 0.905. The summed E-state index contributed by atoms with van der Waals surface area (Å²) in [7, 11) is 0. The van der Waals surface area contributed by atoms with Crippen molar-refractivity contribution in [3.05, 3.63) is 76.0 Å². The van der Waals surface area contributed by atoms with Gasteiger partial charge in [-0.25, -0.2) is 9.78 Å². The van der Waals surface area contributed by atoms with Gasteiger partial charge in [0.05, 0.1) is 16.7 Å². The summed E-state index contributed by atoms with van der Waals surface area (Å²) in [4.78, 5) is 41.3. The fourth-order valence-corrected chi connectivity index (χ4v) is 3.61. The number of aromatic nitrogens is 2. The summed E-state index contributed by atoms with van der Waals surface area (Å²) < 4.78 is 2.33. The van der Waals surface area contributed by atoms with Crippen LogP contribution in [0.4, 0.5) is 10.5 Å². The third-order valence-electron chi connectivity index (χ3n) is 3.83. The zero-order valence-corrected chi connectivity index (χ0v) is 17.6. The predicted octanol–water partition coefficient (Wildman–Crippen LogP) is 3.79. The number of halogens is 1. The molecule has 2 aromatic carbocycles. The lowest BCUT2D eigenvalue weighted by Crippen LogP contribution is -2.35. The molecule has 0 saturated carbocycles. The molecular weight excluding hydrogens is 456 g/mol. The minimum absolute atomic E-state index is 0.0737. The number of fused-ring (bicyclic) bond motifs is 1. The Morgan fingerprint density at radius 2 is 1.90 bits per heavy atom. The lowest BCUT2D eigenvalue weighted by molar-refractivity contribution is -0.117. The van der Waals surface area contributed by atoms with Crippen molar-refractivity contribution in [2.24, 2.45) is 0 Å².